The summed E-state index contributed by atoms with van der Waals surface area (Å²) in [5, 5.41) is 10.8. The lowest BCUT2D eigenvalue weighted by molar-refractivity contribution is -0.384. The van der Waals surface area contributed by atoms with Crippen LogP contribution in [0.2, 0.25) is 0 Å². The molecule has 0 heterocycles. The van der Waals surface area contributed by atoms with Gasteiger partial charge in [-0.1, -0.05) is 12.1 Å². The SMILES string of the molecule is COP(=O)(OC)C(c1cccc([N+](=O)[O-])c1)N(C)C. The molecular weight excluding hydrogens is 271 g/mol. The van der Waals surface area contributed by atoms with E-state index in [2.05, 4.69) is 0 Å². The second-order valence-corrected chi connectivity index (χ2v) is 6.39. The molecule has 1 atom stereocenters. The smallest absolute Gasteiger partial charge is 0.311 e. The van der Waals surface area contributed by atoms with Crippen LogP contribution < -0.4 is 0 Å². The molecular formula is C11H17N2O5P. The van der Waals surface area contributed by atoms with Crippen molar-refractivity contribution in [3.05, 3.63) is 39.9 Å². The quantitative estimate of drug-likeness (QED) is 0.454. The first-order valence-corrected chi connectivity index (χ1v) is 7.09. The van der Waals surface area contributed by atoms with Gasteiger partial charge in [0.1, 0.15) is 5.78 Å². The Labute approximate surface area is 111 Å². The fourth-order valence-electron chi connectivity index (χ4n) is 1.84. The largest absolute Gasteiger partial charge is 0.351 e. The standard InChI is InChI=1S/C11H17N2O5P/c1-12(2)11(19(16,17-3)18-4)9-6-5-7-10(8-9)13(14)15/h5-8,11H,1-4H3. The van der Waals surface area contributed by atoms with E-state index in [0.717, 1.165) is 0 Å². The highest BCUT2D eigenvalue weighted by atomic mass is 31.2. The summed E-state index contributed by atoms with van der Waals surface area (Å²) in [4.78, 5) is 11.9. The summed E-state index contributed by atoms with van der Waals surface area (Å²) in [5.74, 6) is -0.706. The van der Waals surface area contributed by atoms with Crippen molar-refractivity contribution in [3.8, 4) is 0 Å². The van der Waals surface area contributed by atoms with E-state index in [4.69, 9.17) is 9.05 Å². The van der Waals surface area contributed by atoms with Gasteiger partial charge in [0.15, 0.2) is 0 Å². The molecule has 0 fully saturated rings. The van der Waals surface area contributed by atoms with Crippen LogP contribution in [-0.4, -0.2) is 38.1 Å². The van der Waals surface area contributed by atoms with Crippen molar-refractivity contribution in [1.82, 2.24) is 4.90 Å². The number of benzene rings is 1. The minimum atomic E-state index is -3.42. The van der Waals surface area contributed by atoms with Crippen LogP contribution in [0, 0.1) is 10.1 Å². The molecule has 19 heavy (non-hydrogen) atoms. The van der Waals surface area contributed by atoms with Crippen LogP contribution in [-0.2, 0) is 13.6 Å². The molecule has 0 bridgehead atoms. The first-order valence-electron chi connectivity index (χ1n) is 5.47. The van der Waals surface area contributed by atoms with E-state index in [-0.39, 0.29) is 5.69 Å². The van der Waals surface area contributed by atoms with Gasteiger partial charge in [0, 0.05) is 26.4 Å². The lowest BCUT2D eigenvalue weighted by Gasteiger charge is -2.29. The molecule has 106 valence electrons. The normalized spacial score (nSPS) is 13.5. The zero-order valence-electron chi connectivity index (χ0n) is 11.3. The van der Waals surface area contributed by atoms with Gasteiger partial charge in [-0.2, -0.15) is 0 Å². The molecule has 0 amide bonds. The number of non-ortho nitro benzene ring substituents is 1. The lowest BCUT2D eigenvalue weighted by Crippen LogP contribution is -2.21. The number of nitrogens with zero attached hydrogens (tertiary/aromatic N) is 2. The number of nitro groups is 1. The van der Waals surface area contributed by atoms with E-state index < -0.39 is 18.3 Å². The first-order chi connectivity index (χ1) is 8.85. The lowest BCUT2D eigenvalue weighted by atomic mass is 10.2. The monoisotopic (exact) mass is 288 g/mol. The number of rotatable bonds is 6. The summed E-state index contributed by atoms with van der Waals surface area (Å²) < 4.78 is 22.5. The van der Waals surface area contributed by atoms with Gasteiger partial charge in [0.2, 0.25) is 0 Å². The van der Waals surface area contributed by atoms with Gasteiger partial charge in [-0.25, -0.2) is 0 Å². The van der Waals surface area contributed by atoms with Gasteiger partial charge in [0.25, 0.3) is 5.69 Å². The van der Waals surface area contributed by atoms with Gasteiger partial charge in [0.05, 0.1) is 4.92 Å². The Morgan fingerprint density at radius 2 is 1.89 bits per heavy atom. The van der Waals surface area contributed by atoms with E-state index in [9.17, 15) is 14.7 Å². The summed E-state index contributed by atoms with van der Waals surface area (Å²) >= 11 is 0. The van der Waals surface area contributed by atoms with Crippen LogP contribution in [0.15, 0.2) is 24.3 Å². The second kappa shape index (κ2) is 6.25. The third kappa shape index (κ3) is 3.39. The van der Waals surface area contributed by atoms with Crippen molar-refractivity contribution in [2.24, 2.45) is 0 Å². The van der Waals surface area contributed by atoms with E-state index in [1.54, 1.807) is 31.1 Å². The Balaban J connectivity index is 3.31. The molecule has 0 aliphatic heterocycles. The zero-order chi connectivity index (χ0) is 14.6. The Morgan fingerprint density at radius 3 is 2.32 bits per heavy atom. The molecule has 8 heteroatoms. The van der Waals surface area contributed by atoms with Gasteiger partial charge in [-0.3, -0.25) is 19.6 Å². The zero-order valence-corrected chi connectivity index (χ0v) is 12.2. The van der Waals surface area contributed by atoms with E-state index in [0.29, 0.717) is 5.56 Å². The predicted molar refractivity (Wildman–Crippen MR) is 71.1 cm³/mol. The summed E-state index contributed by atoms with van der Waals surface area (Å²) in [6.07, 6.45) is 0. The van der Waals surface area contributed by atoms with E-state index in [1.807, 2.05) is 0 Å². The third-order valence-electron chi connectivity index (χ3n) is 2.68. The fraction of sp³-hybridized carbons (Fsp3) is 0.455. The molecule has 0 aliphatic carbocycles. The molecule has 0 aromatic heterocycles. The minimum Gasteiger partial charge on any atom is -0.311 e. The third-order valence-corrected chi connectivity index (χ3v) is 5.05. The number of nitro benzene ring substituents is 1. The van der Waals surface area contributed by atoms with Gasteiger partial charge < -0.3 is 9.05 Å². The summed E-state index contributed by atoms with van der Waals surface area (Å²) in [7, 11) is 2.57. The Hall–Kier alpha value is -1.27. The van der Waals surface area contributed by atoms with Crippen LogP contribution in [0.4, 0.5) is 5.69 Å². The van der Waals surface area contributed by atoms with Gasteiger partial charge in [-0.15, -0.1) is 0 Å². The second-order valence-electron chi connectivity index (χ2n) is 4.09. The molecule has 0 saturated heterocycles. The summed E-state index contributed by atoms with van der Waals surface area (Å²) in [6, 6.07) is 5.94. The predicted octanol–water partition coefficient (Wildman–Crippen LogP) is 2.64. The number of hydrogen-bond donors (Lipinski definition) is 0. The van der Waals surface area contributed by atoms with Crippen LogP contribution in [0.3, 0.4) is 0 Å². The maximum Gasteiger partial charge on any atom is 0.351 e. The Kier molecular flexibility index (Phi) is 5.20. The highest BCUT2D eigenvalue weighted by Gasteiger charge is 2.37. The minimum absolute atomic E-state index is 0.0666. The molecule has 1 rings (SSSR count). The molecule has 0 spiro atoms. The van der Waals surface area contributed by atoms with E-state index in [1.165, 1.54) is 26.4 Å². The molecule has 0 saturated carbocycles. The van der Waals surface area contributed by atoms with Crippen LogP contribution in [0.5, 0.6) is 0 Å². The molecule has 0 N–H and O–H groups in total. The van der Waals surface area contributed by atoms with E-state index >= 15 is 0 Å². The van der Waals surface area contributed by atoms with Crippen molar-refractivity contribution < 1.29 is 18.5 Å². The summed E-state index contributed by atoms with van der Waals surface area (Å²) in [5.41, 5.74) is 0.439. The highest BCUT2D eigenvalue weighted by molar-refractivity contribution is 7.54. The maximum atomic E-state index is 12.5. The molecule has 1 unspecified atom stereocenters. The fourth-order valence-corrected chi connectivity index (χ4v) is 3.48. The van der Waals surface area contributed by atoms with Crippen LogP contribution in [0.1, 0.15) is 11.3 Å². The van der Waals surface area contributed by atoms with Crippen molar-refractivity contribution >= 4 is 13.3 Å². The summed E-state index contributed by atoms with van der Waals surface area (Å²) in [6.45, 7) is 0. The topological polar surface area (TPSA) is 81.9 Å². The molecule has 0 aliphatic rings. The van der Waals surface area contributed by atoms with Crippen LogP contribution in [0.25, 0.3) is 0 Å². The average Bonchev–Trinajstić information content (AvgIpc) is 2.38. The molecule has 7 nitrogen and oxygen atoms in total. The molecule has 1 aromatic rings. The van der Waals surface area contributed by atoms with Crippen molar-refractivity contribution in [3.63, 3.8) is 0 Å². The number of hydrogen-bond acceptors (Lipinski definition) is 6. The van der Waals surface area contributed by atoms with Crippen molar-refractivity contribution in [2.45, 2.75) is 5.78 Å². The Morgan fingerprint density at radius 1 is 1.32 bits per heavy atom. The maximum absolute atomic E-state index is 12.5. The van der Waals surface area contributed by atoms with Crippen LogP contribution >= 0.6 is 7.60 Å². The van der Waals surface area contributed by atoms with Crippen molar-refractivity contribution in [2.75, 3.05) is 28.3 Å². The van der Waals surface area contributed by atoms with Gasteiger partial charge in [-0.05, 0) is 19.7 Å². The highest BCUT2D eigenvalue weighted by Crippen LogP contribution is 2.60. The van der Waals surface area contributed by atoms with Gasteiger partial charge >= 0.3 is 7.60 Å². The Bertz CT molecular complexity index is 498. The van der Waals surface area contributed by atoms with Crippen molar-refractivity contribution in [1.29, 1.82) is 0 Å². The molecule has 1 aromatic carbocycles. The molecule has 0 radical (unpaired) electrons. The average molecular weight is 288 g/mol. The first kappa shape index (κ1) is 15.8.